The number of para-hydroxylation sites is 1. The topological polar surface area (TPSA) is 17.0 Å². The van der Waals surface area contributed by atoms with Crippen LogP contribution in [0.2, 0.25) is 5.02 Å². The smallest absolute Gasteiger partial charge is 0.129 e. The summed E-state index contributed by atoms with van der Waals surface area (Å²) in [6.07, 6.45) is 10.9. The fourth-order valence-electron chi connectivity index (χ4n) is 7.64. The highest BCUT2D eigenvalue weighted by Crippen LogP contribution is 2.61. The molecular weight excluding hydrogens is 419 g/mol. The van der Waals surface area contributed by atoms with Crippen LogP contribution in [-0.4, -0.2) is 10.6 Å². The first kappa shape index (κ1) is 20.7. The van der Waals surface area contributed by atoms with Crippen molar-refractivity contribution < 1.29 is 4.39 Å². The zero-order valence-electron chi connectivity index (χ0n) is 18.8. The quantitative estimate of drug-likeness (QED) is 0.421. The van der Waals surface area contributed by atoms with E-state index in [0.29, 0.717) is 28.6 Å². The van der Waals surface area contributed by atoms with Crippen LogP contribution in [0.3, 0.4) is 0 Å². The van der Waals surface area contributed by atoms with Crippen LogP contribution < -0.4 is 5.32 Å². The predicted octanol–water partition coefficient (Wildman–Crippen LogP) is 7.18. The minimum Gasteiger partial charge on any atom is -0.343 e. The molecule has 3 aromatic rings. The van der Waals surface area contributed by atoms with Gasteiger partial charge in [0.2, 0.25) is 0 Å². The molecule has 0 aliphatic heterocycles. The third-order valence-corrected chi connectivity index (χ3v) is 9.22. The Morgan fingerprint density at radius 2 is 1.72 bits per heavy atom. The monoisotopic (exact) mass is 450 g/mol. The van der Waals surface area contributed by atoms with Gasteiger partial charge in [-0.15, -0.1) is 0 Å². The van der Waals surface area contributed by atoms with Crippen molar-refractivity contribution >= 4 is 22.5 Å². The molecule has 4 aliphatic rings. The molecule has 4 heteroatoms. The molecule has 2 aromatic carbocycles. The number of benzene rings is 2. The van der Waals surface area contributed by atoms with Crippen molar-refractivity contribution in [1.82, 2.24) is 9.88 Å². The van der Waals surface area contributed by atoms with Gasteiger partial charge in [-0.2, -0.15) is 0 Å². The molecular formula is C28H32ClFN2. The van der Waals surface area contributed by atoms with E-state index in [9.17, 15) is 4.39 Å². The molecule has 1 aromatic heterocycles. The third kappa shape index (κ3) is 3.49. The number of nitrogens with zero attached hydrogens (tertiary/aromatic N) is 1. The molecule has 1 atom stereocenters. The fraction of sp³-hybridized carbons (Fsp3) is 0.500. The van der Waals surface area contributed by atoms with Crippen molar-refractivity contribution in [1.29, 1.82) is 0 Å². The second-order valence-corrected chi connectivity index (χ2v) is 11.3. The highest BCUT2D eigenvalue weighted by atomic mass is 35.5. The van der Waals surface area contributed by atoms with Gasteiger partial charge >= 0.3 is 0 Å². The van der Waals surface area contributed by atoms with Crippen LogP contribution in [0.1, 0.15) is 56.6 Å². The van der Waals surface area contributed by atoms with E-state index in [1.165, 1.54) is 55.5 Å². The number of halogens is 2. The molecule has 32 heavy (non-hydrogen) atoms. The lowest BCUT2D eigenvalue weighted by molar-refractivity contribution is -0.0706. The van der Waals surface area contributed by atoms with Crippen LogP contribution in [0.5, 0.6) is 0 Å². The Kier molecular flexibility index (Phi) is 5.11. The lowest BCUT2D eigenvalue weighted by Gasteiger charge is -2.59. The maximum atomic E-state index is 14.4. The summed E-state index contributed by atoms with van der Waals surface area (Å²) < 4.78 is 16.6. The first-order valence-corrected chi connectivity index (χ1v) is 12.6. The van der Waals surface area contributed by atoms with Crippen LogP contribution in [0.4, 0.5) is 4.39 Å². The number of fused-ring (bicyclic) bond motifs is 1. The van der Waals surface area contributed by atoms with Gasteiger partial charge in [0, 0.05) is 40.3 Å². The summed E-state index contributed by atoms with van der Waals surface area (Å²) in [5, 5.41) is 5.66. The van der Waals surface area contributed by atoms with Gasteiger partial charge < -0.3 is 9.88 Å². The normalized spacial score (nSPS) is 29.7. The van der Waals surface area contributed by atoms with Gasteiger partial charge in [0.25, 0.3) is 0 Å². The number of aromatic nitrogens is 1. The van der Waals surface area contributed by atoms with E-state index in [1.54, 1.807) is 12.1 Å². The summed E-state index contributed by atoms with van der Waals surface area (Å²) in [7, 11) is 0. The van der Waals surface area contributed by atoms with Crippen LogP contribution in [0.25, 0.3) is 10.9 Å². The zero-order chi connectivity index (χ0) is 21.9. The van der Waals surface area contributed by atoms with Gasteiger partial charge in [0.15, 0.2) is 0 Å². The maximum Gasteiger partial charge on any atom is 0.129 e. The molecule has 0 radical (unpaired) electrons. The van der Waals surface area contributed by atoms with Crippen LogP contribution in [-0.2, 0) is 13.1 Å². The van der Waals surface area contributed by atoms with Crippen molar-refractivity contribution in [2.24, 2.45) is 23.2 Å². The Morgan fingerprint density at radius 3 is 2.41 bits per heavy atom. The van der Waals surface area contributed by atoms with Gasteiger partial charge in [-0.3, -0.25) is 0 Å². The van der Waals surface area contributed by atoms with Crippen molar-refractivity contribution in [3.63, 3.8) is 0 Å². The van der Waals surface area contributed by atoms with Crippen LogP contribution in [0.15, 0.2) is 48.7 Å². The Balaban J connectivity index is 1.24. The summed E-state index contributed by atoms with van der Waals surface area (Å²) >= 11 is 6.32. The largest absolute Gasteiger partial charge is 0.343 e. The van der Waals surface area contributed by atoms with E-state index < -0.39 is 0 Å². The highest BCUT2D eigenvalue weighted by Gasteiger charge is 2.52. The molecule has 0 spiro atoms. The Bertz CT molecular complexity index is 1090. The van der Waals surface area contributed by atoms with E-state index in [1.807, 2.05) is 0 Å². The Hall–Kier alpha value is -1.84. The summed E-state index contributed by atoms with van der Waals surface area (Å²) in [5.41, 5.74) is 3.46. The lowest BCUT2D eigenvalue weighted by Crippen LogP contribution is -2.54. The second-order valence-electron chi connectivity index (χ2n) is 10.9. The minimum absolute atomic E-state index is 0.245. The molecule has 4 fully saturated rings. The van der Waals surface area contributed by atoms with Gasteiger partial charge in [-0.25, -0.2) is 4.39 Å². The number of hydrogen-bond acceptors (Lipinski definition) is 1. The van der Waals surface area contributed by atoms with E-state index in [4.69, 9.17) is 11.6 Å². The highest BCUT2D eigenvalue weighted by molar-refractivity contribution is 6.31. The van der Waals surface area contributed by atoms with E-state index in [-0.39, 0.29) is 5.82 Å². The van der Waals surface area contributed by atoms with E-state index in [2.05, 4.69) is 47.3 Å². The summed E-state index contributed by atoms with van der Waals surface area (Å²) in [6, 6.07) is 13.9. The SMILES string of the molecule is C[C@@H](NCc1cn(Cc2c(F)cccc2Cl)c2ccccc12)C12CC3CC(CC(C3)C1)C2. The minimum atomic E-state index is -0.245. The summed E-state index contributed by atoms with van der Waals surface area (Å²) in [6.45, 7) is 3.71. The third-order valence-electron chi connectivity index (χ3n) is 8.86. The van der Waals surface area contributed by atoms with E-state index in [0.717, 1.165) is 29.8 Å². The molecule has 0 saturated heterocycles. The first-order chi connectivity index (χ1) is 15.5. The molecule has 0 amide bonds. The summed E-state index contributed by atoms with van der Waals surface area (Å²) in [4.78, 5) is 0. The first-order valence-electron chi connectivity index (χ1n) is 12.2. The fourth-order valence-corrected chi connectivity index (χ4v) is 7.86. The van der Waals surface area contributed by atoms with Crippen LogP contribution in [0, 0.1) is 29.0 Å². The maximum absolute atomic E-state index is 14.4. The number of nitrogens with one attached hydrogen (secondary N) is 1. The zero-order valence-corrected chi connectivity index (χ0v) is 19.5. The molecule has 4 saturated carbocycles. The lowest BCUT2D eigenvalue weighted by atomic mass is 9.48. The van der Waals surface area contributed by atoms with Gasteiger partial charge in [-0.05, 0) is 92.4 Å². The van der Waals surface area contributed by atoms with Gasteiger partial charge in [-0.1, -0.05) is 35.9 Å². The molecule has 4 aliphatic carbocycles. The Labute approximate surface area is 195 Å². The number of hydrogen-bond donors (Lipinski definition) is 1. The molecule has 4 bridgehead atoms. The van der Waals surface area contributed by atoms with Gasteiger partial charge in [0.05, 0.1) is 6.54 Å². The van der Waals surface area contributed by atoms with Gasteiger partial charge in [0.1, 0.15) is 5.82 Å². The molecule has 1 N–H and O–H groups in total. The predicted molar refractivity (Wildman–Crippen MR) is 129 cm³/mol. The van der Waals surface area contributed by atoms with Crippen molar-refractivity contribution in [2.75, 3.05) is 0 Å². The molecule has 7 rings (SSSR count). The van der Waals surface area contributed by atoms with Crippen molar-refractivity contribution in [3.8, 4) is 0 Å². The van der Waals surface area contributed by atoms with Crippen molar-refractivity contribution in [2.45, 2.75) is 64.6 Å². The van der Waals surface area contributed by atoms with Crippen LogP contribution >= 0.6 is 11.6 Å². The standard InChI is InChI=1S/C28H32ClFN2/c1-18(28-12-19-9-20(13-28)11-21(10-19)14-28)31-15-22-16-32(27-8-3-2-5-23(22)27)17-24-25(29)6-4-7-26(24)30/h2-8,16,18-21,31H,9-15,17H2,1H3/t18-,19?,20?,21?,28?/m1/s1. The average molecular weight is 451 g/mol. The Morgan fingerprint density at radius 1 is 1.03 bits per heavy atom. The molecule has 168 valence electrons. The van der Waals surface area contributed by atoms with E-state index >= 15 is 0 Å². The number of rotatable bonds is 6. The molecule has 1 heterocycles. The molecule has 0 unspecified atom stereocenters. The average Bonchev–Trinajstić information content (AvgIpc) is 3.11. The van der Waals surface area contributed by atoms with Crippen molar-refractivity contribution in [3.05, 3.63) is 70.6 Å². The second kappa shape index (κ2) is 7.88. The summed E-state index contributed by atoms with van der Waals surface area (Å²) in [5.74, 6) is 2.67. The molecule has 2 nitrogen and oxygen atoms in total.